The molecule has 0 radical (unpaired) electrons. The third-order valence-corrected chi connectivity index (χ3v) is 3.97. The molecule has 2 aromatic carbocycles. The molecular weight excluding hydrogens is 320 g/mol. The molecule has 23 heavy (non-hydrogen) atoms. The Bertz CT molecular complexity index is 839. The van der Waals surface area contributed by atoms with Crippen molar-refractivity contribution in [1.29, 1.82) is 0 Å². The number of nitro benzene ring substituents is 1. The van der Waals surface area contributed by atoms with Crippen molar-refractivity contribution in [2.24, 2.45) is 0 Å². The molecule has 0 bridgehead atoms. The van der Waals surface area contributed by atoms with Crippen molar-refractivity contribution < 1.29 is 17.5 Å². The van der Waals surface area contributed by atoms with Crippen molar-refractivity contribution in [2.75, 3.05) is 4.72 Å². The van der Waals surface area contributed by atoms with E-state index in [0.29, 0.717) is 11.1 Å². The molecule has 1 N–H and O–H groups in total. The van der Waals surface area contributed by atoms with Crippen LogP contribution in [0.25, 0.3) is 0 Å². The lowest BCUT2D eigenvalue weighted by molar-refractivity contribution is -0.384. The molecule has 8 heteroatoms. The first-order valence-corrected chi connectivity index (χ1v) is 8.13. The van der Waals surface area contributed by atoms with Crippen LogP contribution in [0.3, 0.4) is 0 Å². The highest BCUT2D eigenvalue weighted by Crippen LogP contribution is 2.27. The number of benzene rings is 2. The van der Waals surface area contributed by atoms with Crippen LogP contribution in [-0.4, -0.2) is 13.3 Å². The number of nitro groups is 1. The van der Waals surface area contributed by atoms with Crippen molar-refractivity contribution in [2.45, 2.75) is 20.8 Å². The van der Waals surface area contributed by atoms with E-state index >= 15 is 0 Å². The number of hydrogen-bond acceptors (Lipinski definition) is 5. The van der Waals surface area contributed by atoms with Crippen molar-refractivity contribution >= 4 is 21.7 Å². The fraction of sp³-hybridized carbons (Fsp3) is 0.200. The summed E-state index contributed by atoms with van der Waals surface area (Å²) in [5.74, 6) is 0.244. The minimum atomic E-state index is -4.16. The van der Waals surface area contributed by atoms with Gasteiger partial charge in [-0.15, -0.1) is 0 Å². The highest BCUT2D eigenvalue weighted by Gasteiger charge is 2.17. The molecule has 0 aromatic heterocycles. The first-order chi connectivity index (χ1) is 10.7. The van der Waals surface area contributed by atoms with Gasteiger partial charge >= 0.3 is 10.3 Å². The zero-order valence-electron chi connectivity index (χ0n) is 12.9. The Labute approximate surface area is 134 Å². The van der Waals surface area contributed by atoms with Crippen LogP contribution in [0.4, 0.5) is 11.4 Å². The Kier molecular flexibility index (Phi) is 4.55. The topological polar surface area (TPSA) is 98.5 Å². The van der Waals surface area contributed by atoms with Gasteiger partial charge in [-0.2, -0.15) is 8.42 Å². The summed E-state index contributed by atoms with van der Waals surface area (Å²) in [5.41, 5.74) is 2.21. The monoisotopic (exact) mass is 336 g/mol. The fourth-order valence-electron chi connectivity index (χ4n) is 2.26. The van der Waals surface area contributed by atoms with E-state index in [9.17, 15) is 18.5 Å². The molecular formula is C15H16N2O5S. The molecule has 0 amide bonds. The van der Waals surface area contributed by atoms with E-state index in [2.05, 4.69) is 4.72 Å². The van der Waals surface area contributed by atoms with E-state index in [0.717, 1.165) is 11.6 Å². The summed E-state index contributed by atoms with van der Waals surface area (Å²) in [6, 6.07) is 8.81. The second kappa shape index (κ2) is 6.25. The zero-order chi connectivity index (χ0) is 17.2. The van der Waals surface area contributed by atoms with Crippen LogP contribution in [-0.2, 0) is 10.3 Å². The summed E-state index contributed by atoms with van der Waals surface area (Å²) in [7, 11) is -4.16. The van der Waals surface area contributed by atoms with Crippen LogP contribution in [0.5, 0.6) is 5.75 Å². The molecule has 2 aromatic rings. The lowest BCUT2D eigenvalue weighted by atomic mass is 10.1. The molecule has 0 saturated carbocycles. The molecule has 0 unspecified atom stereocenters. The standard InChI is InChI=1S/C15H16N2O5S/c1-10-7-11(2)15(12(3)8-10)22-23(20,21)16-13-5-4-6-14(9-13)17(18)19/h4-9,16H,1-3H3. The second-order valence-electron chi connectivity index (χ2n) is 5.17. The van der Waals surface area contributed by atoms with E-state index in [-0.39, 0.29) is 17.1 Å². The van der Waals surface area contributed by atoms with Gasteiger partial charge in [0, 0.05) is 12.1 Å². The number of nitrogens with one attached hydrogen (secondary N) is 1. The third kappa shape index (κ3) is 4.19. The Morgan fingerprint density at radius 1 is 1.09 bits per heavy atom. The molecule has 7 nitrogen and oxygen atoms in total. The maximum absolute atomic E-state index is 12.1. The van der Waals surface area contributed by atoms with E-state index in [1.165, 1.54) is 18.2 Å². The number of hydrogen-bond donors (Lipinski definition) is 1. The second-order valence-corrected chi connectivity index (χ2v) is 6.45. The highest BCUT2D eigenvalue weighted by molar-refractivity contribution is 7.88. The summed E-state index contributed by atoms with van der Waals surface area (Å²) >= 11 is 0. The number of rotatable bonds is 5. The SMILES string of the molecule is Cc1cc(C)c(OS(=O)(=O)Nc2cccc([N+](=O)[O-])c2)c(C)c1. The molecule has 122 valence electrons. The van der Waals surface area contributed by atoms with E-state index in [1.807, 2.05) is 19.1 Å². The van der Waals surface area contributed by atoms with Crippen LogP contribution in [0, 0.1) is 30.9 Å². The Hall–Kier alpha value is -2.61. The zero-order valence-corrected chi connectivity index (χ0v) is 13.7. The molecule has 0 heterocycles. The predicted molar refractivity (Wildman–Crippen MR) is 86.9 cm³/mol. The summed E-state index contributed by atoms with van der Waals surface area (Å²) in [5, 5.41) is 10.7. The highest BCUT2D eigenvalue weighted by atomic mass is 32.2. The summed E-state index contributed by atoms with van der Waals surface area (Å²) in [6.07, 6.45) is 0. The molecule has 0 aliphatic rings. The number of anilines is 1. The van der Waals surface area contributed by atoms with Crippen LogP contribution in [0.1, 0.15) is 16.7 Å². The van der Waals surface area contributed by atoms with E-state index < -0.39 is 15.2 Å². The van der Waals surface area contributed by atoms with Gasteiger partial charge in [-0.05, 0) is 38.0 Å². The van der Waals surface area contributed by atoms with Gasteiger partial charge in [0.25, 0.3) is 5.69 Å². The van der Waals surface area contributed by atoms with Gasteiger partial charge in [0.1, 0.15) is 5.75 Å². The van der Waals surface area contributed by atoms with E-state index in [4.69, 9.17) is 4.18 Å². The largest absolute Gasteiger partial charge is 0.407 e. The van der Waals surface area contributed by atoms with Gasteiger partial charge in [0.2, 0.25) is 0 Å². The molecule has 0 aliphatic carbocycles. The average Bonchev–Trinajstić information content (AvgIpc) is 2.42. The van der Waals surface area contributed by atoms with Gasteiger partial charge < -0.3 is 4.18 Å². The Morgan fingerprint density at radius 2 is 1.70 bits per heavy atom. The Morgan fingerprint density at radius 3 is 2.26 bits per heavy atom. The van der Waals surface area contributed by atoms with Crippen molar-refractivity contribution in [3.8, 4) is 5.75 Å². The van der Waals surface area contributed by atoms with Crippen LogP contribution >= 0.6 is 0 Å². The van der Waals surface area contributed by atoms with Gasteiger partial charge in [0.05, 0.1) is 10.6 Å². The maximum atomic E-state index is 12.1. The fourth-order valence-corrected chi connectivity index (χ4v) is 3.20. The van der Waals surface area contributed by atoms with Gasteiger partial charge in [0.15, 0.2) is 0 Å². The van der Waals surface area contributed by atoms with E-state index in [1.54, 1.807) is 13.8 Å². The lowest BCUT2D eigenvalue weighted by Crippen LogP contribution is -2.20. The van der Waals surface area contributed by atoms with Gasteiger partial charge in [-0.25, -0.2) is 0 Å². The van der Waals surface area contributed by atoms with Gasteiger partial charge in [-0.3, -0.25) is 14.8 Å². The average molecular weight is 336 g/mol. The minimum Gasteiger partial charge on any atom is -0.366 e. The minimum absolute atomic E-state index is 0.0571. The molecule has 0 saturated heterocycles. The van der Waals surface area contributed by atoms with Gasteiger partial charge in [-0.1, -0.05) is 23.8 Å². The number of non-ortho nitro benzene ring substituents is 1. The molecule has 2 rings (SSSR count). The predicted octanol–water partition coefficient (Wildman–Crippen LogP) is 3.26. The molecule has 0 fully saturated rings. The molecule has 0 spiro atoms. The smallest absolute Gasteiger partial charge is 0.366 e. The van der Waals surface area contributed by atoms with Crippen LogP contribution in [0.2, 0.25) is 0 Å². The van der Waals surface area contributed by atoms with Crippen molar-refractivity contribution in [3.63, 3.8) is 0 Å². The molecule has 0 atom stereocenters. The summed E-state index contributed by atoms with van der Waals surface area (Å²) < 4.78 is 31.6. The van der Waals surface area contributed by atoms with Crippen LogP contribution in [0.15, 0.2) is 36.4 Å². The number of aryl methyl sites for hydroxylation is 3. The number of nitrogens with zero attached hydrogens (tertiary/aromatic N) is 1. The first-order valence-electron chi connectivity index (χ1n) is 6.72. The molecule has 0 aliphatic heterocycles. The normalized spacial score (nSPS) is 11.1. The van der Waals surface area contributed by atoms with Crippen molar-refractivity contribution in [3.05, 3.63) is 63.2 Å². The first kappa shape index (κ1) is 16.8. The summed E-state index contributed by atoms with van der Waals surface area (Å²) in [6.45, 7) is 5.40. The maximum Gasteiger partial charge on any atom is 0.407 e. The summed E-state index contributed by atoms with van der Waals surface area (Å²) in [4.78, 5) is 10.1. The third-order valence-electron chi connectivity index (χ3n) is 3.10. The Balaban J connectivity index is 2.27. The van der Waals surface area contributed by atoms with Crippen LogP contribution < -0.4 is 8.91 Å². The quantitative estimate of drug-likeness (QED) is 0.667. The van der Waals surface area contributed by atoms with Crippen molar-refractivity contribution in [1.82, 2.24) is 0 Å². The lowest BCUT2D eigenvalue weighted by Gasteiger charge is -2.13.